The average Bonchev–Trinajstić information content (AvgIpc) is 2.61. The minimum absolute atomic E-state index is 0.0480. The van der Waals surface area contributed by atoms with Gasteiger partial charge >= 0.3 is 0 Å². The number of amides is 1. The highest BCUT2D eigenvalue weighted by Crippen LogP contribution is 2.15. The molecule has 0 aliphatic carbocycles. The van der Waals surface area contributed by atoms with Crippen LogP contribution in [0.2, 0.25) is 0 Å². The predicted molar refractivity (Wildman–Crippen MR) is 91.4 cm³/mol. The molecular weight excluding hydrogens is 286 g/mol. The third kappa shape index (κ3) is 4.72. The molecule has 0 atom stereocenters. The summed E-state index contributed by atoms with van der Waals surface area (Å²) in [5.74, 6) is -0.391. The van der Waals surface area contributed by atoms with Crippen molar-refractivity contribution in [1.29, 1.82) is 5.26 Å². The van der Waals surface area contributed by atoms with Crippen LogP contribution in [0.15, 0.2) is 66.4 Å². The maximum atomic E-state index is 12.1. The van der Waals surface area contributed by atoms with Gasteiger partial charge in [-0.2, -0.15) is 5.26 Å². The number of hydrogen-bond acceptors (Lipinski definition) is 3. The largest absolute Gasteiger partial charge is 0.360 e. The average molecular weight is 305 g/mol. The molecule has 0 fully saturated rings. The van der Waals surface area contributed by atoms with Crippen molar-refractivity contribution in [2.24, 2.45) is 0 Å². The molecule has 0 aliphatic rings. The Labute approximate surface area is 136 Å². The summed E-state index contributed by atoms with van der Waals surface area (Å²) < 4.78 is 0. The van der Waals surface area contributed by atoms with Crippen molar-refractivity contribution >= 4 is 11.6 Å². The topological polar surface area (TPSA) is 64.9 Å². The normalized spacial score (nSPS) is 10.7. The van der Waals surface area contributed by atoms with Crippen LogP contribution in [-0.2, 0) is 17.8 Å². The van der Waals surface area contributed by atoms with Crippen molar-refractivity contribution in [2.75, 3.05) is 5.32 Å². The summed E-state index contributed by atoms with van der Waals surface area (Å²) in [6, 6.07) is 19.3. The van der Waals surface area contributed by atoms with Crippen molar-refractivity contribution in [3.63, 3.8) is 0 Å². The van der Waals surface area contributed by atoms with Crippen LogP contribution in [0.25, 0.3) is 0 Å². The van der Waals surface area contributed by atoms with Gasteiger partial charge in [-0.25, -0.2) is 0 Å². The lowest BCUT2D eigenvalue weighted by atomic mass is 10.1. The van der Waals surface area contributed by atoms with Gasteiger partial charge in [-0.05, 0) is 23.6 Å². The Balaban J connectivity index is 2.01. The first kappa shape index (κ1) is 16.3. The molecule has 116 valence electrons. The number of hydrogen-bond donors (Lipinski definition) is 2. The zero-order chi connectivity index (χ0) is 16.5. The fourth-order valence-electron chi connectivity index (χ4n) is 2.14. The number of carbonyl (C=O) groups is 1. The van der Waals surface area contributed by atoms with Gasteiger partial charge in [0.15, 0.2) is 0 Å². The highest BCUT2D eigenvalue weighted by Gasteiger charge is 2.08. The second-order valence-corrected chi connectivity index (χ2v) is 4.99. The van der Waals surface area contributed by atoms with Gasteiger partial charge in [-0.3, -0.25) is 4.79 Å². The maximum absolute atomic E-state index is 12.1. The van der Waals surface area contributed by atoms with Crippen LogP contribution in [0.5, 0.6) is 0 Å². The molecule has 2 aromatic rings. The van der Waals surface area contributed by atoms with Gasteiger partial charge in [0, 0.05) is 18.4 Å². The molecule has 0 radical (unpaired) electrons. The smallest absolute Gasteiger partial charge is 0.263 e. The van der Waals surface area contributed by atoms with Gasteiger partial charge in [-0.15, -0.1) is 0 Å². The number of anilines is 1. The van der Waals surface area contributed by atoms with Crippen LogP contribution < -0.4 is 10.6 Å². The van der Waals surface area contributed by atoms with Gasteiger partial charge in [0.25, 0.3) is 5.91 Å². The number of nitrogens with zero attached hydrogens (tertiary/aromatic N) is 1. The first-order valence-electron chi connectivity index (χ1n) is 7.51. The molecule has 4 nitrogen and oxygen atoms in total. The van der Waals surface area contributed by atoms with E-state index < -0.39 is 5.91 Å². The lowest BCUT2D eigenvalue weighted by molar-refractivity contribution is -0.117. The summed E-state index contributed by atoms with van der Waals surface area (Å²) in [7, 11) is 0. The van der Waals surface area contributed by atoms with E-state index >= 15 is 0 Å². The molecule has 0 heterocycles. The van der Waals surface area contributed by atoms with Gasteiger partial charge in [-0.1, -0.05) is 55.5 Å². The van der Waals surface area contributed by atoms with Crippen molar-refractivity contribution in [3.8, 4) is 6.07 Å². The van der Waals surface area contributed by atoms with Crippen molar-refractivity contribution < 1.29 is 4.79 Å². The number of nitrogens with one attached hydrogen (secondary N) is 2. The zero-order valence-corrected chi connectivity index (χ0v) is 13.0. The van der Waals surface area contributed by atoms with E-state index in [0.717, 1.165) is 23.2 Å². The lowest BCUT2D eigenvalue weighted by Crippen LogP contribution is -2.24. The summed E-state index contributed by atoms with van der Waals surface area (Å²) in [5, 5.41) is 15.0. The molecule has 1 amide bonds. The Kier molecular flexibility index (Phi) is 5.96. The minimum Gasteiger partial charge on any atom is -0.360 e. The lowest BCUT2D eigenvalue weighted by Gasteiger charge is -2.08. The van der Waals surface area contributed by atoms with Gasteiger partial charge < -0.3 is 10.6 Å². The Hall–Kier alpha value is -3.06. The number of para-hydroxylation sites is 1. The monoisotopic (exact) mass is 305 g/mol. The van der Waals surface area contributed by atoms with E-state index in [4.69, 9.17) is 0 Å². The van der Waals surface area contributed by atoms with E-state index in [1.807, 2.05) is 60.7 Å². The van der Waals surface area contributed by atoms with Crippen LogP contribution in [0.1, 0.15) is 18.1 Å². The molecule has 2 aromatic carbocycles. The van der Waals surface area contributed by atoms with Crippen molar-refractivity contribution in [3.05, 3.63) is 77.5 Å². The Morgan fingerprint density at radius 3 is 2.52 bits per heavy atom. The SMILES string of the molecule is CCc1ccccc1N/C=C(/C#N)C(=O)NCc1ccccc1. The van der Waals surface area contributed by atoms with Gasteiger partial charge in [0.2, 0.25) is 0 Å². The molecule has 2 rings (SSSR count). The van der Waals surface area contributed by atoms with Crippen molar-refractivity contribution in [2.45, 2.75) is 19.9 Å². The van der Waals surface area contributed by atoms with E-state index in [1.54, 1.807) is 0 Å². The predicted octanol–water partition coefficient (Wildman–Crippen LogP) is 3.38. The minimum atomic E-state index is -0.391. The Bertz CT molecular complexity index is 730. The number of nitriles is 1. The molecule has 0 saturated carbocycles. The number of aryl methyl sites for hydroxylation is 1. The van der Waals surface area contributed by atoms with Gasteiger partial charge in [0.1, 0.15) is 11.6 Å². The highest BCUT2D eigenvalue weighted by atomic mass is 16.1. The third-order valence-electron chi connectivity index (χ3n) is 3.43. The van der Waals surface area contributed by atoms with Crippen LogP contribution in [0.3, 0.4) is 0 Å². The second kappa shape index (κ2) is 8.40. The first-order valence-corrected chi connectivity index (χ1v) is 7.51. The van der Waals surface area contributed by atoms with Crippen molar-refractivity contribution in [1.82, 2.24) is 5.32 Å². The number of benzene rings is 2. The summed E-state index contributed by atoms with van der Waals surface area (Å²) in [6.07, 6.45) is 2.33. The third-order valence-corrected chi connectivity index (χ3v) is 3.43. The second-order valence-electron chi connectivity index (χ2n) is 4.99. The summed E-state index contributed by atoms with van der Waals surface area (Å²) in [4.78, 5) is 12.1. The number of rotatable bonds is 6. The summed E-state index contributed by atoms with van der Waals surface area (Å²) in [6.45, 7) is 2.45. The van der Waals surface area contributed by atoms with E-state index in [9.17, 15) is 10.1 Å². The van der Waals surface area contributed by atoms with E-state index in [2.05, 4.69) is 17.6 Å². The van der Waals surface area contributed by atoms with E-state index in [0.29, 0.717) is 6.54 Å². The van der Waals surface area contributed by atoms with Crippen LogP contribution in [0, 0.1) is 11.3 Å². The molecule has 0 aromatic heterocycles. The zero-order valence-electron chi connectivity index (χ0n) is 13.0. The Morgan fingerprint density at radius 1 is 1.13 bits per heavy atom. The standard InChI is InChI=1S/C19H19N3O/c1-2-16-10-6-7-11-18(16)21-14-17(12-20)19(23)22-13-15-8-4-3-5-9-15/h3-11,14,21H,2,13H2,1H3,(H,22,23)/b17-14-. The molecule has 0 bridgehead atoms. The van der Waals surface area contributed by atoms with E-state index in [1.165, 1.54) is 6.20 Å². The molecule has 4 heteroatoms. The summed E-state index contributed by atoms with van der Waals surface area (Å²) >= 11 is 0. The molecule has 0 saturated heterocycles. The Morgan fingerprint density at radius 2 is 1.83 bits per heavy atom. The molecule has 0 aliphatic heterocycles. The van der Waals surface area contributed by atoms with Crippen LogP contribution >= 0.6 is 0 Å². The molecule has 23 heavy (non-hydrogen) atoms. The fraction of sp³-hybridized carbons (Fsp3) is 0.158. The molecule has 0 unspecified atom stereocenters. The quantitative estimate of drug-likeness (QED) is 0.635. The molecule has 0 spiro atoms. The first-order chi connectivity index (χ1) is 11.2. The highest BCUT2D eigenvalue weighted by molar-refractivity contribution is 5.97. The maximum Gasteiger partial charge on any atom is 0.263 e. The fourth-order valence-corrected chi connectivity index (χ4v) is 2.14. The van der Waals surface area contributed by atoms with Crippen LogP contribution in [0.4, 0.5) is 5.69 Å². The van der Waals surface area contributed by atoms with E-state index in [-0.39, 0.29) is 5.57 Å². The summed E-state index contributed by atoms with van der Waals surface area (Å²) in [5.41, 5.74) is 3.07. The molecule has 2 N–H and O–H groups in total. The molecular formula is C19H19N3O. The van der Waals surface area contributed by atoms with Crippen LogP contribution in [-0.4, -0.2) is 5.91 Å². The van der Waals surface area contributed by atoms with Gasteiger partial charge in [0.05, 0.1) is 0 Å². The number of carbonyl (C=O) groups excluding carboxylic acids is 1.